The minimum Gasteiger partial charge on any atom is -0.239 e. The smallest absolute Gasteiger partial charge is 0.128 e. The largest absolute Gasteiger partial charge is 0.239 e. The summed E-state index contributed by atoms with van der Waals surface area (Å²) in [7, 11) is 0. The van der Waals surface area contributed by atoms with Crippen LogP contribution in [0.2, 0.25) is 0 Å². The Morgan fingerprint density at radius 1 is 1.43 bits per heavy atom. The van der Waals surface area contributed by atoms with Crippen LogP contribution in [0.3, 0.4) is 0 Å². The van der Waals surface area contributed by atoms with Crippen LogP contribution in [0.4, 0.5) is 4.39 Å². The van der Waals surface area contributed by atoms with Gasteiger partial charge in [0, 0.05) is 11.8 Å². The molecule has 1 aromatic heterocycles. The van der Waals surface area contributed by atoms with E-state index in [2.05, 4.69) is 21.0 Å². The van der Waals surface area contributed by atoms with Crippen LogP contribution in [-0.4, -0.2) is 9.78 Å². The van der Waals surface area contributed by atoms with E-state index >= 15 is 0 Å². The number of aromatic nitrogens is 2. The summed E-state index contributed by atoms with van der Waals surface area (Å²) in [4.78, 5) is 0. The molecule has 0 N–H and O–H groups in total. The lowest BCUT2D eigenvalue weighted by molar-refractivity contribution is 0.615. The van der Waals surface area contributed by atoms with Gasteiger partial charge in [-0.1, -0.05) is 6.07 Å². The average Bonchev–Trinajstić information content (AvgIpc) is 2.57. The van der Waals surface area contributed by atoms with E-state index in [9.17, 15) is 4.39 Å². The normalized spacial score (nSPS) is 10.5. The van der Waals surface area contributed by atoms with Gasteiger partial charge < -0.3 is 0 Å². The number of hydrogen-bond acceptors (Lipinski definition) is 1. The Balaban J connectivity index is 2.57. The summed E-state index contributed by atoms with van der Waals surface area (Å²) in [5.41, 5.74) is 1.36. The summed E-state index contributed by atoms with van der Waals surface area (Å²) in [5.74, 6) is -0.214. The molecule has 0 fully saturated rings. The van der Waals surface area contributed by atoms with Gasteiger partial charge in [-0.05, 0) is 35.0 Å². The van der Waals surface area contributed by atoms with Crippen LogP contribution in [-0.2, 0) is 0 Å². The van der Waals surface area contributed by atoms with Crippen molar-refractivity contribution in [2.45, 2.75) is 6.92 Å². The van der Waals surface area contributed by atoms with Crippen molar-refractivity contribution >= 4 is 15.9 Å². The van der Waals surface area contributed by atoms with E-state index in [-0.39, 0.29) is 5.82 Å². The highest BCUT2D eigenvalue weighted by molar-refractivity contribution is 9.10. The molecule has 0 unspecified atom stereocenters. The van der Waals surface area contributed by atoms with Crippen LogP contribution in [0.25, 0.3) is 5.69 Å². The Bertz CT molecular complexity index is 465. The molecule has 0 aliphatic heterocycles. The zero-order valence-electron chi connectivity index (χ0n) is 7.54. The van der Waals surface area contributed by atoms with E-state index in [0.29, 0.717) is 5.56 Å². The molecule has 2 rings (SSSR count). The summed E-state index contributed by atoms with van der Waals surface area (Å²) >= 11 is 3.30. The summed E-state index contributed by atoms with van der Waals surface area (Å²) in [6, 6.07) is 4.95. The van der Waals surface area contributed by atoms with Gasteiger partial charge in [-0.2, -0.15) is 5.10 Å². The van der Waals surface area contributed by atoms with E-state index in [1.165, 1.54) is 6.07 Å². The minimum atomic E-state index is -0.214. The molecule has 2 nitrogen and oxygen atoms in total. The Morgan fingerprint density at radius 3 is 2.86 bits per heavy atom. The van der Waals surface area contributed by atoms with Crippen molar-refractivity contribution in [3.63, 3.8) is 0 Å². The van der Waals surface area contributed by atoms with Crippen molar-refractivity contribution in [1.29, 1.82) is 0 Å². The third kappa shape index (κ3) is 1.57. The van der Waals surface area contributed by atoms with Gasteiger partial charge in [-0.25, -0.2) is 9.07 Å². The average molecular weight is 255 g/mol. The molecule has 1 aromatic carbocycles. The zero-order valence-corrected chi connectivity index (χ0v) is 9.12. The van der Waals surface area contributed by atoms with Crippen molar-refractivity contribution in [3.05, 3.63) is 46.4 Å². The molecule has 2 aromatic rings. The SMILES string of the molecule is Cc1c(F)cccc1-n1cc(Br)cn1. The summed E-state index contributed by atoms with van der Waals surface area (Å²) in [6.45, 7) is 1.74. The predicted octanol–water partition coefficient (Wildman–Crippen LogP) is 3.08. The lowest BCUT2D eigenvalue weighted by atomic mass is 10.2. The first-order valence-electron chi connectivity index (χ1n) is 4.14. The maximum absolute atomic E-state index is 13.2. The van der Waals surface area contributed by atoms with Gasteiger partial charge >= 0.3 is 0 Å². The Kier molecular flexibility index (Phi) is 2.37. The molecule has 0 aliphatic rings. The van der Waals surface area contributed by atoms with E-state index in [4.69, 9.17) is 0 Å². The number of benzene rings is 1. The maximum Gasteiger partial charge on any atom is 0.128 e. The van der Waals surface area contributed by atoms with Crippen LogP contribution in [0.1, 0.15) is 5.56 Å². The molecule has 0 bridgehead atoms. The van der Waals surface area contributed by atoms with Crippen molar-refractivity contribution in [1.82, 2.24) is 9.78 Å². The molecule has 1 heterocycles. The monoisotopic (exact) mass is 254 g/mol. The lowest BCUT2D eigenvalue weighted by Crippen LogP contribution is -1.98. The number of hydrogen-bond donors (Lipinski definition) is 0. The number of nitrogens with zero attached hydrogens (tertiary/aromatic N) is 2. The highest BCUT2D eigenvalue weighted by atomic mass is 79.9. The molecule has 14 heavy (non-hydrogen) atoms. The molecule has 0 amide bonds. The van der Waals surface area contributed by atoms with Gasteiger partial charge in [0.2, 0.25) is 0 Å². The van der Waals surface area contributed by atoms with E-state index in [1.807, 2.05) is 6.07 Å². The second-order valence-electron chi connectivity index (χ2n) is 2.99. The summed E-state index contributed by atoms with van der Waals surface area (Å²) < 4.78 is 15.7. The topological polar surface area (TPSA) is 17.8 Å². The van der Waals surface area contributed by atoms with Crippen LogP contribution < -0.4 is 0 Å². The Labute approximate surface area is 89.5 Å². The van der Waals surface area contributed by atoms with Crippen LogP contribution in [0.5, 0.6) is 0 Å². The molecular weight excluding hydrogens is 247 g/mol. The lowest BCUT2D eigenvalue weighted by Gasteiger charge is -2.05. The van der Waals surface area contributed by atoms with Gasteiger partial charge in [0.25, 0.3) is 0 Å². The quantitative estimate of drug-likeness (QED) is 0.765. The molecule has 0 radical (unpaired) electrons. The second-order valence-corrected chi connectivity index (χ2v) is 3.90. The van der Waals surface area contributed by atoms with Crippen LogP contribution in [0, 0.1) is 12.7 Å². The third-order valence-electron chi connectivity index (χ3n) is 2.04. The second kappa shape index (κ2) is 3.53. The van der Waals surface area contributed by atoms with Crippen molar-refractivity contribution in [2.24, 2.45) is 0 Å². The number of halogens is 2. The standard InChI is InChI=1S/C10H8BrFN2/c1-7-9(12)3-2-4-10(7)14-6-8(11)5-13-14/h2-6H,1H3. The molecule has 4 heteroatoms. The van der Waals surface area contributed by atoms with Crippen LogP contribution >= 0.6 is 15.9 Å². The molecule has 0 spiro atoms. The molecule has 0 saturated carbocycles. The molecule has 0 atom stereocenters. The minimum absolute atomic E-state index is 0.214. The van der Waals surface area contributed by atoms with E-state index < -0.39 is 0 Å². The molecule has 72 valence electrons. The van der Waals surface area contributed by atoms with E-state index in [0.717, 1.165) is 10.2 Å². The predicted molar refractivity (Wildman–Crippen MR) is 56.0 cm³/mol. The van der Waals surface area contributed by atoms with Gasteiger partial charge in [0.05, 0.1) is 16.4 Å². The van der Waals surface area contributed by atoms with E-state index in [1.54, 1.807) is 30.1 Å². The van der Waals surface area contributed by atoms with Crippen molar-refractivity contribution < 1.29 is 4.39 Å². The van der Waals surface area contributed by atoms with Crippen LogP contribution in [0.15, 0.2) is 35.1 Å². The van der Waals surface area contributed by atoms with Gasteiger partial charge in [-0.15, -0.1) is 0 Å². The van der Waals surface area contributed by atoms with Crippen molar-refractivity contribution in [2.75, 3.05) is 0 Å². The maximum atomic E-state index is 13.2. The summed E-state index contributed by atoms with van der Waals surface area (Å²) in [6.07, 6.45) is 3.46. The fraction of sp³-hybridized carbons (Fsp3) is 0.100. The van der Waals surface area contributed by atoms with Gasteiger partial charge in [0.15, 0.2) is 0 Å². The first-order valence-corrected chi connectivity index (χ1v) is 4.93. The highest BCUT2D eigenvalue weighted by Crippen LogP contribution is 2.18. The highest BCUT2D eigenvalue weighted by Gasteiger charge is 2.05. The van der Waals surface area contributed by atoms with Gasteiger partial charge in [-0.3, -0.25) is 0 Å². The molecule has 0 aliphatic carbocycles. The summed E-state index contributed by atoms with van der Waals surface area (Å²) in [5, 5.41) is 4.09. The number of rotatable bonds is 1. The first-order chi connectivity index (χ1) is 6.68. The van der Waals surface area contributed by atoms with Crippen molar-refractivity contribution in [3.8, 4) is 5.69 Å². The Morgan fingerprint density at radius 2 is 2.21 bits per heavy atom. The molecule has 0 saturated heterocycles. The molecular formula is C10H8BrFN2. The zero-order chi connectivity index (χ0) is 10.1. The van der Waals surface area contributed by atoms with Gasteiger partial charge in [0.1, 0.15) is 5.82 Å². The fourth-order valence-electron chi connectivity index (χ4n) is 1.28. The first kappa shape index (κ1) is 9.40. The Hall–Kier alpha value is -1.16. The third-order valence-corrected chi connectivity index (χ3v) is 2.45. The fourth-order valence-corrected chi connectivity index (χ4v) is 1.56.